The van der Waals surface area contributed by atoms with E-state index in [0.29, 0.717) is 6.54 Å². The third kappa shape index (κ3) is 2.74. The number of carbonyl (C=O) groups is 1. The fraction of sp³-hybridized carbons (Fsp3) is 0.500. The number of hydrogen-bond acceptors (Lipinski definition) is 4. The first-order valence-electron chi connectivity index (χ1n) is 5.14. The molecule has 5 N–H and O–H groups in total. The van der Waals surface area contributed by atoms with Gasteiger partial charge in [-0.15, -0.1) is 0 Å². The second-order valence-corrected chi connectivity index (χ2v) is 4.31. The molecule has 0 aromatic carbocycles. The molecule has 0 aliphatic heterocycles. The molecule has 94 valence electrons. The van der Waals surface area contributed by atoms with Gasteiger partial charge >= 0.3 is 0 Å². The molecule has 7 nitrogen and oxygen atoms in total. The van der Waals surface area contributed by atoms with E-state index in [1.54, 1.807) is 20.0 Å². The SMILES string of the molecule is Cc1[nH]ncc1CNC(=O)C(C)(C)C(N)=NO. The van der Waals surface area contributed by atoms with Crippen LogP contribution in [0.1, 0.15) is 25.1 Å². The molecule has 1 amide bonds. The molecule has 17 heavy (non-hydrogen) atoms. The number of oxime groups is 1. The molecule has 1 heterocycles. The quantitative estimate of drug-likeness (QED) is 0.258. The number of nitrogens with one attached hydrogen (secondary N) is 2. The first kappa shape index (κ1) is 13.0. The molecular formula is C10H17N5O2. The Labute approximate surface area is 99.1 Å². The van der Waals surface area contributed by atoms with Gasteiger partial charge in [0.25, 0.3) is 0 Å². The zero-order chi connectivity index (χ0) is 13.1. The molecule has 0 unspecified atom stereocenters. The minimum atomic E-state index is -1.05. The molecule has 0 spiro atoms. The summed E-state index contributed by atoms with van der Waals surface area (Å²) in [5.74, 6) is -0.438. The Morgan fingerprint density at radius 3 is 2.82 bits per heavy atom. The molecule has 1 aromatic rings. The third-order valence-electron chi connectivity index (χ3n) is 2.69. The third-order valence-corrected chi connectivity index (χ3v) is 2.69. The van der Waals surface area contributed by atoms with Gasteiger partial charge in [0.05, 0.1) is 6.20 Å². The predicted molar refractivity (Wildman–Crippen MR) is 62.4 cm³/mol. The van der Waals surface area contributed by atoms with Crippen molar-refractivity contribution in [3.63, 3.8) is 0 Å². The molecule has 0 saturated carbocycles. The van der Waals surface area contributed by atoms with E-state index in [0.717, 1.165) is 11.3 Å². The highest BCUT2D eigenvalue weighted by atomic mass is 16.4. The van der Waals surface area contributed by atoms with Gasteiger partial charge in [-0.1, -0.05) is 5.16 Å². The maximum Gasteiger partial charge on any atom is 0.233 e. The first-order valence-corrected chi connectivity index (χ1v) is 5.14. The van der Waals surface area contributed by atoms with Gasteiger partial charge in [-0.3, -0.25) is 9.89 Å². The van der Waals surface area contributed by atoms with Crippen LogP contribution in [0.25, 0.3) is 0 Å². The predicted octanol–water partition coefficient (Wildman–Crippen LogP) is 0.107. The minimum absolute atomic E-state index is 0.126. The molecule has 0 fully saturated rings. The monoisotopic (exact) mass is 239 g/mol. The van der Waals surface area contributed by atoms with E-state index in [1.165, 1.54) is 0 Å². The number of hydrogen-bond donors (Lipinski definition) is 4. The smallest absolute Gasteiger partial charge is 0.233 e. The largest absolute Gasteiger partial charge is 0.409 e. The fourth-order valence-electron chi connectivity index (χ4n) is 1.19. The summed E-state index contributed by atoms with van der Waals surface area (Å²) in [6.45, 7) is 5.38. The number of aromatic nitrogens is 2. The minimum Gasteiger partial charge on any atom is -0.409 e. The number of nitrogens with two attached hydrogens (primary N) is 1. The number of aromatic amines is 1. The highest BCUT2D eigenvalue weighted by molar-refractivity contribution is 6.05. The van der Waals surface area contributed by atoms with Crippen molar-refractivity contribution in [1.29, 1.82) is 0 Å². The van der Waals surface area contributed by atoms with Gasteiger partial charge in [0.2, 0.25) is 5.91 Å². The number of amidine groups is 1. The average Bonchev–Trinajstić information content (AvgIpc) is 2.70. The molecule has 7 heteroatoms. The van der Waals surface area contributed by atoms with Gasteiger partial charge in [0.1, 0.15) is 5.41 Å². The average molecular weight is 239 g/mol. The number of amides is 1. The number of rotatable bonds is 4. The van der Waals surface area contributed by atoms with Crippen LogP contribution in [0.15, 0.2) is 11.4 Å². The van der Waals surface area contributed by atoms with Gasteiger partial charge in [-0.2, -0.15) is 5.10 Å². The van der Waals surface area contributed by atoms with Crippen LogP contribution < -0.4 is 11.1 Å². The second-order valence-electron chi connectivity index (χ2n) is 4.31. The molecule has 1 rings (SSSR count). The Bertz CT molecular complexity index is 436. The number of H-pyrrole nitrogens is 1. The van der Waals surface area contributed by atoms with Crippen LogP contribution in [0.4, 0.5) is 0 Å². The lowest BCUT2D eigenvalue weighted by atomic mass is 9.91. The Hall–Kier alpha value is -2.05. The van der Waals surface area contributed by atoms with Crippen molar-refractivity contribution in [2.75, 3.05) is 0 Å². The van der Waals surface area contributed by atoms with Crippen LogP contribution in [0.5, 0.6) is 0 Å². The normalized spacial score (nSPS) is 12.5. The number of carbonyl (C=O) groups excluding carboxylic acids is 1. The molecule has 0 radical (unpaired) electrons. The van der Waals surface area contributed by atoms with E-state index >= 15 is 0 Å². The Morgan fingerprint density at radius 2 is 2.35 bits per heavy atom. The molecule has 0 saturated heterocycles. The summed E-state index contributed by atoms with van der Waals surface area (Å²) in [5, 5.41) is 20.8. The van der Waals surface area contributed by atoms with Gasteiger partial charge < -0.3 is 16.3 Å². The molecular weight excluding hydrogens is 222 g/mol. The topological polar surface area (TPSA) is 116 Å². The summed E-state index contributed by atoms with van der Waals surface area (Å²) in [6, 6.07) is 0. The van der Waals surface area contributed by atoms with E-state index < -0.39 is 5.41 Å². The van der Waals surface area contributed by atoms with E-state index in [2.05, 4.69) is 20.7 Å². The lowest BCUT2D eigenvalue weighted by Crippen LogP contribution is -2.45. The van der Waals surface area contributed by atoms with Crippen molar-refractivity contribution in [2.24, 2.45) is 16.3 Å². The van der Waals surface area contributed by atoms with Gasteiger partial charge in [0.15, 0.2) is 5.84 Å². The molecule has 0 bridgehead atoms. The van der Waals surface area contributed by atoms with Crippen molar-refractivity contribution >= 4 is 11.7 Å². The summed E-state index contributed by atoms with van der Waals surface area (Å²) >= 11 is 0. The number of nitrogens with zero attached hydrogens (tertiary/aromatic N) is 2. The van der Waals surface area contributed by atoms with Crippen LogP contribution >= 0.6 is 0 Å². The highest BCUT2D eigenvalue weighted by Crippen LogP contribution is 2.15. The van der Waals surface area contributed by atoms with Crippen molar-refractivity contribution < 1.29 is 10.0 Å². The zero-order valence-corrected chi connectivity index (χ0v) is 10.1. The fourth-order valence-corrected chi connectivity index (χ4v) is 1.19. The van der Waals surface area contributed by atoms with Crippen molar-refractivity contribution in [1.82, 2.24) is 15.5 Å². The van der Waals surface area contributed by atoms with Crippen LogP contribution in [0.3, 0.4) is 0 Å². The van der Waals surface area contributed by atoms with Gasteiger partial charge in [0, 0.05) is 17.8 Å². The summed E-state index contributed by atoms with van der Waals surface area (Å²) in [5.41, 5.74) is 6.19. The van der Waals surface area contributed by atoms with Gasteiger partial charge in [-0.25, -0.2) is 0 Å². The Kier molecular flexibility index (Phi) is 3.72. The molecule has 1 aromatic heterocycles. The van der Waals surface area contributed by atoms with Crippen LogP contribution in [0.2, 0.25) is 0 Å². The second kappa shape index (κ2) is 4.86. The van der Waals surface area contributed by atoms with Crippen molar-refractivity contribution in [3.05, 3.63) is 17.5 Å². The maximum absolute atomic E-state index is 11.9. The highest BCUT2D eigenvalue weighted by Gasteiger charge is 2.32. The zero-order valence-electron chi connectivity index (χ0n) is 10.1. The molecule has 0 atom stereocenters. The molecule has 0 aliphatic rings. The summed E-state index contributed by atoms with van der Waals surface area (Å²) in [4.78, 5) is 11.9. The maximum atomic E-state index is 11.9. The van der Waals surface area contributed by atoms with E-state index in [9.17, 15) is 4.79 Å². The van der Waals surface area contributed by atoms with Crippen molar-refractivity contribution in [2.45, 2.75) is 27.3 Å². The van der Waals surface area contributed by atoms with E-state index in [-0.39, 0.29) is 11.7 Å². The van der Waals surface area contributed by atoms with Crippen LogP contribution in [0, 0.1) is 12.3 Å². The Morgan fingerprint density at radius 1 is 1.71 bits per heavy atom. The van der Waals surface area contributed by atoms with Crippen LogP contribution in [-0.4, -0.2) is 27.1 Å². The van der Waals surface area contributed by atoms with E-state index in [4.69, 9.17) is 10.9 Å². The number of aryl methyl sites for hydroxylation is 1. The first-order chi connectivity index (χ1) is 7.89. The summed E-state index contributed by atoms with van der Waals surface area (Å²) < 4.78 is 0. The van der Waals surface area contributed by atoms with E-state index in [1.807, 2.05) is 6.92 Å². The lowest BCUT2D eigenvalue weighted by molar-refractivity contribution is -0.126. The van der Waals surface area contributed by atoms with Gasteiger partial charge in [-0.05, 0) is 20.8 Å². The lowest BCUT2D eigenvalue weighted by Gasteiger charge is -2.21. The van der Waals surface area contributed by atoms with Crippen LogP contribution in [-0.2, 0) is 11.3 Å². The standard InChI is InChI=1S/C10H17N5O2/c1-6-7(5-13-14-6)4-12-9(16)10(2,3)8(11)15-17/h5,17H,4H2,1-3H3,(H2,11,15)(H,12,16)(H,13,14). The van der Waals surface area contributed by atoms with Crippen molar-refractivity contribution in [3.8, 4) is 0 Å². The molecule has 0 aliphatic carbocycles. The summed E-state index contributed by atoms with van der Waals surface area (Å²) in [6.07, 6.45) is 1.64. The summed E-state index contributed by atoms with van der Waals surface area (Å²) in [7, 11) is 0. The Balaban J connectivity index is 2.65.